The molecule has 3 heteroatoms. The number of hydrogen-bond donors (Lipinski definition) is 0. The fraction of sp³-hybridized carbons (Fsp3) is 0.0909. The highest BCUT2D eigenvalue weighted by molar-refractivity contribution is 5.53. The molecule has 0 aliphatic rings. The number of aromatic nitrogens is 1. The molecule has 68 valence electrons. The summed E-state index contributed by atoms with van der Waals surface area (Å²) in [6.07, 6.45) is 1.60. The van der Waals surface area contributed by atoms with Crippen LogP contribution in [0, 0.1) is 18.3 Å². The molecule has 14 heavy (non-hydrogen) atoms. The maximum Gasteiger partial charge on any atom is 0.152 e. The van der Waals surface area contributed by atoms with Crippen molar-refractivity contribution in [2.75, 3.05) is 0 Å². The number of pyridine rings is 1. The van der Waals surface area contributed by atoms with Gasteiger partial charge in [0.1, 0.15) is 11.8 Å². The Kier molecular flexibility index (Phi) is 2.04. The first kappa shape index (κ1) is 8.52. The maximum absolute atomic E-state index is 8.73. The van der Waals surface area contributed by atoms with Crippen LogP contribution in [0.15, 0.2) is 34.9 Å². The first-order chi connectivity index (χ1) is 6.81. The largest absolute Gasteiger partial charge is 0.463 e. The summed E-state index contributed by atoms with van der Waals surface area (Å²) in [6, 6.07) is 9.26. The third kappa shape index (κ3) is 1.38. The van der Waals surface area contributed by atoms with Crippen LogP contribution < -0.4 is 0 Å². The van der Waals surface area contributed by atoms with E-state index >= 15 is 0 Å². The van der Waals surface area contributed by atoms with E-state index in [4.69, 9.17) is 9.68 Å². The highest BCUT2D eigenvalue weighted by Gasteiger charge is 2.04. The van der Waals surface area contributed by atoms with E-state index in [1.54, 1.807) is 18.4 Å². The molecule has 0 saturated carbocycles. The van der Waals surface area contributed by atoms with Gasteiger partial charge in [0, 0.05) is 0 Å². The molecule has 0 aliphatic heterocycles. The van der Waals surface area contributed by atoms with Gasteiger partial charge in [0.2, 0.25) is 0 Å². The van der Waals surface area contributed by atoms with E-state index in [1.807, 2.05) is 19.1 Å². The minimum absolute atomic E-state index is 0.598. The van der Waals surface area contributed by atoms with Gasteiger partial charge in [-0.2, -0.15) is 5.26 Å². The molecule has 0 radical (unpaired) electrons. The zero-order chi connectivity index (χ0) is 9.97. The second-order valence-electron chi connectivity index (χ2n) is 2.92. The lowest BCUT2D eigenvalue weighted by Crippen LogP contribution is -1.89. The molecule has 0 aromatic carbocycles. The van der Waals surface area contributed by atoms with Crippen LogP contribution in [0.2, 0.25) is 0 Å². The van der Waals surface area contributed by atoms with Gasteiger partial charge in [0.15, 0.2) is 5.76 Å². The summed E-state index contributed by atoms with van der Waals surface area (Å²) in [6.45, 7) is 1.81. The van der Waals surface area contributed by atoms with Crippen molar-refractivity contribution in [2.45, 2.75) is 6.92 Å². The van der Waals surface area contributed by atoms with Crippen LogP contribution in [-0.4, -0.2) is 4.98 Å². The summed E-state index contributed by atoms with van der Waals surface area (Å²) in [7, 11) is 0. The van der Waals surface area contributed by atoms with E-state index in [-0.39, 0.29) is 0 Å². The molecule has 0 saturated heterocycles. The van der Waals surface area contributed by atoms with Crippen LogP contribution in [0.3, 0.4) is 0 Å². The topological polar surface area (TPSA) is 49.8 Å². The Morgan fingerprint density at radius 1 is 1.36 bits per heavy atom. The summed E-state index contributed by atoms with van der Waals surface area (Å²) in [5.41, 5.74) is 2.08. The van der Waals surface area contributed by atoms with Gasteiger partial charge in [0.05, 0.1) is 17.5 Å². The van der Waals surface area contributed by atoms with Crippen LogP contribution in [0.1, 0.15) is 11.3 Å². The number of nitrogens with zero attached hydrogens (tertiary/aromatic N) is 2. The third-order valence-corrected chi connectivity index (χ3v) is 1.98. The molecule has 2 aromatic rings. The van der Waals surface area contributed by atoms with Crippen LogP contribution in [0.4, 0.5) is 0 Å². The highest BCUT2D eigenvalue weighted by Crippen LogP contribution is 2.18. The maximum atomic E-state index is 8.73. The molecule has 2 heterocycles. The van der Waals surface area contributed by atoms with E-state index in [2.05, 4.69) is 11.1 Å². The normalized spacial score (nSPS) is 9.71. The molecule has 0 fully saturated rings. The molecular weight excluding hydrogens is 176 g/mol. The predicted molar refractivity (Wildman–Crippen MR) is 51.4 cm³/mol. The summed E-state index contributed by atoms with van der Waals surface area (Å²) in [5.74, 6) is 0.720. The Labute approximate surface area is 81.6 Å². The first-order valence-corrected chi connectivity index (χ1v) is 4.23. The number of furan rings is 1. The van der Waals surface area contributed by atoms with Gasteiger partial charge in [-0.3, -0.25) is 0 Å². The molecular formula is C11H8N2O. The Hall–Kier alpha value is -2.08. The SMILES string of the molecule is Cc1nc(-c2ccco2)ccc1C#N. The molecule has 0 N–H and O–H groups in total. The number of hydrogen-bond acceptors (Lipinski definition) is 3. The van der Waals surface area contributed by atoms with Crippen molar-refractivity contribution in [3.05, 3.63) is 41.8 Å². The molecule has 0 bridgehead atoms. The highest BCUT2D eigenvalue weighted by atomic mass is 16.3. The number of nitriles is 1. The van der Waals surface area contributed by atoms with Crippen molar-refractivity contribution < 1.29 is 4.42 Å². The fourth-order valence-corrected chi connectivity index (χ4v) is 1.24. The number of rotatable bonds is 1. The van der Waals surface area contributed by atoms with E-state index in [0.29, 0.717) is 5.56 Å². The predicted octanol–water partition coefficient (Wildman–Crippen LogP) is 2.52. The quantitative estimate of drug-likeness (QED) is 0.684. The van der Waals surface area contributed by atoms with E-state index in [9.17, 15) is 0 Å². The van der Waals surface area contributed by atoms with Gasteiger partial charge in [0.25, 0.3) is 0 Å². The first-order valence-electron chi connectivity index (χ1n) is 4.23. The molecule has 2 aromatic heterocycles. The average Bonchev–Trinajstić information content (AvgIpc) is 2.70. The lowest BCUT2D eigenvalue weighted by atomic mass is 10.2. The lowest BCUT2D eigenvalue weighted by Gasteiger charge is -1.99. The Morgan fingerprint density at radius 2 is 2.21 bits per heavy atom. The molecule has 0 unspecified atom stereocenters. The summed E-state index contributed by atoms with van der Waals surface area (Å²) < 4.78 is 5.20. The molecule has 0 atom stereocenters. The zero-order valence-corrected chi connectivity index (χ0v) is 7.69. The van der Waals surface area contributed by atoms with Gasteiger partial charge >= 0.3 is 0 Å². The van der Waals surface area contributed by atoms with Crippen LogP contribution in [-0.2, 0) is 0 Å². The van der Waals surface area contributed by atoms with E-state index < -0.39 is 0 Å². The summed E-state index contributed by atoms with van der Waals surface area (Å²) in [5, 5.41) is 8.73. The zero-order valence-electron chi connectivity index (χ0n) is 7.69. The third-order valence-electron chi connectivity index (χ3n) is 1.98. The van der Waals surface area contributed by atoms with Crippen LogP contribution in [0.5, 0.6) is 0 Å². The Morgan fingerprint density at radius 3 is 2.79 bits per heavy atom. The van der Waals surface area contributed by atoms with E-state index in [1.165, 1.54) is 0 Å². The standard InChI is InChI=1S/C11H8N2O/c1-8-9(7-12)4-5-10(13-8)11-3-2-6-14-11/h2-6H,1H3. The monoisotopic (exact) mass is 184 g/mol. The minimum atomic E-state index is 0.598. The van der Waals surface area contributed by atoms with Gasteiger partial charge in [-0.1, -0.05) is 0 Å². The molecule has 3 nitrogen and oxygen atoms in total. The summed E-state index contributed by atoms with van der Waals surface area (Å²) >= 11 is 0. The molecule has 2 rings (SSSR count). The summed E-state index contributed by atoms with van der Waals surface area (Å²) in [4.78, 5) is 4.27. The van der Waals surface area contributed by atoms with Crippen LogP contribution in [0.25, 0.3) is 11.5 Å². The Bertz CT molecular complexity index is 480. The van der Waals surface area contributed by atoms with Crippen molar-refractivity contribution in [1.82, 2.24) is 4.98 Å². The van der Waals surface area contributed by atoms with Gasteiger partial charge < -0.3 is 4.42 Å². The Balaban J connectivity index is 2.49. The number of aryl methyl sites for hydroxylation is 1. The van der Waals surface area contributed by atoms with Crippen molar-refractivity contribution in [1.29, 1.82) is 5.26 Å². The fourth-order valence-electron chi connectivity index (χ4n) is 1.24. The molecule has 0 aliphatic carbocycles. The second kappa shape index (κ2) is 3.35. The molecule has 0 spiro atoms. The smallest absolute Gasteiger partial charge is 0.152 e. The van der Waals surface area contributed by atoms with Gasteiger partial charge in [-0.05, 0) is 31.2 Å². The lowest BCUT2D eigenvalue weighted by molar-refractivity contribution is 0.580. The van der Waals surface area contributed by atoms with Crippen molar-refractivity contribution >= 4 is 0 Å². The van der Waals surface area contributed by atoms with Crippen LogP contribution >= 0.6 is 0 Å². The average molecular weight is 184 g/mol. The van der Waals surface area contributed by atoms with Crippen molar-refractivity contribution in [2.24, 2.45) is 0 Å². The van der Waals surface area contributed by atoms with Crippen molar-refractivity contribution in [3.63, 3.8) is 0 Å². The minimum Gasteiger partial charge on any atom is -0.463 e. The second-order valence-corrected chi connectivity index (χ2v) is 2.92. The van der Waals surface area contributed by atoms with Gasteiger partial charge in [-0.15, -0.1) is 0 Å². The van der Waals surface area contributed by atoms with Gasteiger partial charge in [-0.25, -0.2) is 4.98 Å². The molecule has 0 amide bonds. The van der Waals surface area contributed by atoms with Crippen molar-refractivity contribution in [3.8, 4) is 17.5 Å². The van der Waals surface area contributed by atoms with E-state index in [0.717, 1.165) is 17.1 Å².